The highest BCUT2D eigenvalue weighted by molar-refractivity contribution is 5.62. The van der Waals surface area contributed by atoms with E-state index in [4.69, 9.17) is 15.2 Å². The lowest BCUT2D eigenvalue weighted by molar-refractivity contribution is -0.384. The van der Waals surface area contributed by atoms with Crippen molar-refractivity contribution in [3.8, 4) is 0 Å². The number of anilines is 1. The maximum absolute atomic E-state index is 10.9. The van der Waals surface area contributed by atoms with Gasteiger partial charge < -0.3 is 15.2 Å². The molecule has 0 aliphatic carbocycles. The molecule has 0 spiro atoms. The molecule has 1 heterocycles. The summed E-state index contributed by atoms with van der Waals surface area (Å²) in [4.78, 5) is 12.5. The summed E-state index contributed by atoms with van der Waals surface area (Å²) in [5.74, 6) is 0. The van der Waals surface area contributed by atoms with Crippen LogP contribution in [0.2, 0.25) is 0 Å². The van der Waals surface area contributed by atoms with Crippen molar-refractivity contribution in [2.75, 3.05) is 33.0 Å². The van der Waals surface area contributed by atoms with E-state index in [1.165, 1.54) is 6.07 Å². The van der Waals surface area contributed by atoms with Gasteiger partial charge in [0, 0.05) is 39.9 Å². The van der Waals surface area contributed by atoms with Crippen LogP contribution in [0.4, 0.5) is 11.4 Å². The Hall–Kier alpha value is -1.70. The summed E-state index contributed by atoms with van der Waals surface area (Å²) in [6.45, 7) is 1.99. The summed E-state index contributed by atoms with van der Waals surface area (Å²) in [6, 6.07) is 4.88. The van der Waals surface area contributed by atoms with Gasteiger partial charge in [-0.3, -0.25) is 15.0 Å². The minimum absolute atomic E-state index is 0.0138. The van der Waals surface area contributed by atoms with Crippen molar-refractivity contribution in [2.24, 2.45) is 0 Å². The van der Waals surface area contributed by atoms with Crippen molar-refractivity contribution < 1.29 is 14.4 Å². The van der Waals surface area contributed by atoms with E-state index < -0.39 is 4.92 Å². The van der Waals surface area contributed by atoms with E-state index in [1.807, 2.05) is 6.07 Å². The van der Waals surface area contributed by atoms with Crippen LogP contribution in [0.3, 0.4) is 0 Å². The molecule has 1 aromatic carbocycles. The fourth-order valence-corrected chi connectivity index (χ4v) is 2.54. The van der Waals surface area contributed by atoms with Gasteiger partial charge >= 0.3 is 0 Å². The minimum atomic E-state index is -0.460. The molecule has 0 amide bonds. The number of rotatable bonds is 5. The van der Waals surface area contributed by atoms with Gasteiger partial charge in [0.2, 0.25) is 0 Å². The molecule has 20 heavy (non-hydrogen) atoms. The second-order valence-electron chi connectivity index (χ2n) is 4.85. The first kappa shape index (κ1) is 14.7. The zero-order chi connectivity index (χ0) is 14.7. The Bertz CT molecular complexity index is 483. The van der Waals surface area contributed by atoms with Crippen LogP contribution in [0.1, 0.15) is 5.56 Å². The first-order valence-corrected chi connectivity index (χ1v) is 6.36. The maximum atomic E-state index is 10.9. The molecule has 2 atom stereocenters. The minimum Gasteiger partial charge on any atom is -0.393 e. The van der Waals surface area contributed by atoms with Gasteiger partial charge in [-0.05, 0) is 5.56 Å². The lowest BCUT2D eigenvalue weighted by atomic mass is 10.1. The molecule has 2 N–H and O–H groups in total. The Kier molecular flexibility index (Phi) is 4.53. The molecular formula is C13H19N3O4. The molecule has 2 unspecified atom stereocenters. The zero-order valence-corrected chi connectivity index (χ0v) is 11.6. The molecule has 0 bridgehead atoms. The number of nitrogen functional groups attached to an aromatic ring is 1. The number of hydrogen-bond acceptors (Lipinski definition) is 6. The number of hydrogen-bond donors (Lipinski definition) is 1. The Morgan fingerprint density at radius 3 is 2.45 bits per heavy atom. The molecule has 1 aromatic rings. The normalized spacial score (nSPS) is 23.1. The molecule has 0 radical (unpaired) electrons. The predicted octanol–water partition coefficient (Wildman–Crippen LogP) is 1.02. The van der Waals surface area contributed by atoms with Crippen molar-refractivity contribution >= 4 is 11.4 Å². The molecule has 2 rings (SSSR count). The summed E-state index contributed by atoms with van der Waals surface area (Å²) >= 11 is 0. The Morgan fingerprint density at radius 1 is 1.35 bits per heavy atom. The summed E-state index contributed by atoms with van der Waals surface area (Å²) in [7, 11) is 3.31. The van der Waals surface area contributed by atoms with Gasteiger partial charge in [0.1, 0.15) is 5.69 Å². The first-order valence-electron chi connectivity index (χ1n) is 6.36. The van der Waals surface area contributed by atoms with E-state index in [1.54, 1.807) is 20.3 Å². The Labute approximate surface area is 117 Å². The molecule has 0 saturated carbocycles. The highest BCUT2D eigenvalue weighted by atomic mass is 16.6. The second-order valence-corrected chi connectivity index (χ2v) is 4.85. The van der Waals surface area contributed by atoms with Crippen molar-refractivity contribution in [3.63, 3.8) is 0 Å². The van der Waals surface area contributed by atoms with Gasteiger partial charge in [0.15, 0.2) is 0 Å². The molecule has 1 aliphatic rings. The Morgan fingerprint density at radius 2 is 1.95 bits per heavy atom. The van der Waals surface area contributed by atoms with E-state index in [0.717, 1.165) is 18.7 Å². The summed E-state index contributed by atoms with van der Waals surface area (Å²) < 4.78 is 10.7. The quantitative estimate of drug-likeness (QED) is 0.492. The number of methoxy groups -OCH3 is 2. The third kappa shape index (κ3) is 2.90. The number of nitrogens with zero attached hydrogens (tertiary/aromatic N) is 2. The molecule has 110 valence electrons. The SMILES string of the molecule is COC1CN(Cc2cccc([N+](=O)[O-])c2N)CC1OC. The lowest BCUT2D eigenvalue weighted by Gasteiger charge is -2.16. The fraction of sp³-hybridized carbons (Fsp3) is 0.538. The molecule has 1 fully saturated rings. The van der Waals surface area contributed by atoms with Crippen LogP contribution in [0, 0.1) is 10.1 Å². The number of para-hydroxylation sites is 1. The monoisotopic (exact) mass is 281 g/mol. The smallest absolute Gasteiger partial charge is 0.292 e. The predicted molar refractivity (Wildman–Crippen MR) is 74.4 cm³/mol. The van der Waals surface area contributed by atoms with E-state index in [0.29, 0.717) is 6.54 Å². The zero-order valence-electron chi connectivity index (χ0n) is 11.6. The topological polar surface area (TPSA) is 90.9 Å². The summed E-state index contributed by atoms with van der Waals surface area (Å²) in [5.41, 5.74) is 6.80. The van der Waals surface area contributed by atoms with Crippen LogP contribution in [-0.4, -0.2) is 49.3 Å². The van der Waals surface area contributed by atoms with Crippen LogP contribution < -0.4 is 5.73 Å². The molecule has 7 nitrogen and oxygen atoms in total. The third-order valence-electron chi connectivity index (χ3n) is 3.66. The van der Waals surface area contributed by atoms with Gasteiger partial charge in [-0.2, -0.15) is 0 Å². The van der Waals surface area contributed by atoms with Crippen LogP contribution in [0.25, 0.3) is 0 Å². The third-order valence-corrected chi connectivity index (χ3v) is 3.66. The highest BCUT2D eigenvalue weighted by Gasteiger charge is 2.33. The van der Waals surface area contributed by atoms with Crippen molar-refractivity contribution in [1.29, 1.82) is 0 Å². The van der Waals surface area contributed by atoms with Crippen LogP contribution >= 0.6 is 0 Å². The van der Waals surface area contributed by atoms with Gasteiger partial charge in [-0.15, -0.1) is 0 Å². The average Bonchev–Trinajstić information content (AvgIpc) is 2.83. The number of nitro benzene ring substituents is 1. The second kappa shape index (κ2) is 6.17. The number of benzene rings is 1. The molecule has 1 aliphatic heterocycles. The molecule has 1 saturated heterocycles. The van der Waals surface area contributed by atoms with E-state index in [-0.39, 0.29) is 23.6 Å². The summed E-state index contributed by atoms with van der Waals surface area (Å²) in [6.07, 6.45) is 0.0276. The molecule has 0 aromatic heterocycles. The number of likely N-dealkylation sites (tertiary alicyclic amines) is 1. The fourth-order valence-electron chi connectivity index (χ4n) is 2.54. The van der Waals surface area contributed by atoms with E-state index in [9.17, 15) is 10.1 Å². The number of nitro groups is 1. The van der Waals surface area contributed by atoms with Gasteiger partial charge in [0.05, 0.1) is 17.1 Å². The highest BCUT2D eigenvalue weighted by Crippen LogP contribution is 2.27. The molecular weight excluding hydrogens is 262 g/mol. The van der Waals surface area contributed by atoms with Crippen LogP contribution in [-0.2, 0) is 16.0 Å². The number of ether oxygens (including phenoxy) is 2. The van der Waals surface area contributed by atoms with Gasteiger partial charge in [0.25, 0.3) is 5.69 Å². The number of nitrogens with two attached hydrogens (primary N) is 1. The maximum Gasteiger partial charge on any atom is 0.292 e. The van der Waals surface area contributed by atoms with E-state index in [2.05, 4.69) is 4.90 Å². The van der Waals surface area contributed by atoms with Gasteiger partial charge in [-0.25, -0.2) is 0 Å². The average molecular weight is 281 g/mol. The standard InChI is InChI=1S/C13H19N3O4/c1-19-11-7-15(8-12(11)20-2)6-9-4-3-5-10(13(9)14)16(17)18/h3-5,11-12H,6-8,14H2,1-2H3. The largest absolute Gasteiger partial charge is 0.393 e. The van der Waals surface area contributed by atoms with Gasteiger partial charge in [-0.1, -0.05) is 12.1 Å². The lowest BCUT2D eigenvalue weighted by Crippen LogP contribution is -2.27. The van der Waals surface area contributed by atoms with Crippen molar-refractivity contribution in [2.45, 2.75) is 18.8 Å². The Balaban J connectivity index is 2.12. The summed E-state index contributed by atoms with van der Waals surface area (Å²) in [5, 5.41) is 10.9. The van der Waals surface area contributed by atoms with Crippen LogP contribution in [0.5, 0.6) is 0 Å². The van der Waals surface area contributed by atoms with Crippen molar-refractivity contribution in [3.05, 3.63) is 33.9 Å². The first-order chi connectivity index (χ1) is 9.56. The van der Waals surface area contributed by atoms with E-state index >= 15 is 0 Å². The van der Waals surface area contributed by atoms with Crippen molar-refractivity contribution in [1.82, 2.24) is 4.90 Å². The van der Waals surface area contributed by atoms with Crippen LogP contribution in [0.15, 0.2) is 18.2 Å². The molecule has 7 heteroatoms.